The number of aliphatic hydroxyl groups excluding tert-OH is 1. The topological polar surface area (TPSA) is 311 Å². The fourth-order valence-corrected chi connectivity index (χ4v) is 7.04. The Morgan fingerprint density at radius 2 is 1.78 bits per heavy atom. The number of hydrogen-bond donors (Lipinski definition) is 7. The molecule has 0 radical (unpaired) electrons. The second kappa shape index (κ2) is 11.7. The summed E-state index contributed by atoms with van der Waals surface area (Å²) >= 11 is 3.19. The number of benzene rings is 1. The van der Waals surface area contributed by atoms with Gasteiger partial charge in [0.1, 0.15) is 24.1 Å². The van der Waals surface area contributed by atoms with Crippen molar-refractivity contribution in [3.05, 3.63) is 40.9 Å². The van der Waals surface area contributed by atoms with Gasteiger partial charge in [-0.05, 0) is 18.2 Å². The van der Waals surface area contributed by atoms with Gasteiger partial charge in [0, 0.05) is 10.2 Å². The molecule has 41 heavy (non-hydrogen) atoms. The van der Waals surface area contributed by atoms with Gasteiger partial charge < -0.3 is 45.6 Å². The highest BCUT2D eigenvalue weighted by Gasteiger charge is 2.50. The third kappa shape index (κ3) is 7.54. The van der Waals surface area contributed by atoms with Crippen molar-refractivity contribution in [3.63, 3.8) is 0 Å². The average molecular weight is 705 g/mol. The number of carbonyl (C=O) groups excluding carboxylic acids is 1. The van der Waals surface area contributed by atoms with Crippen LogP contribution in [0.2, 0.25) is 0 Å². The maximum absolute atomic E-state index is 13.0. The lowest BCUT2D eigenvalue weighted by Crippen LogP contribution is -2.38. The summed E-state index contributed by atoms with van der Waals surface area (Å²) in [5.74, 6) is -1.04. The largest absolute Gasteiger partial charge is 0.490 e. The molecule has 0 bridgehead atoms. The molecule has 1 fully saturated rings. The minimum Gasteiger partial charge on any atom is -0.453 e. The molecule has 0 spiro atoms. The second-order valence-electron chi connectivity index (χ2n) is 8.13. The van der Waals surface area contributed by atoms with Gasteiger partial charge in [-0.2, -0.15) is 8.62 Å². The van der Waals surface area contributed by atoms with Gasteiger partial charge >= 0.3 is 29.4 Å². The zero-order chi connectivity index (χ0) is 30.3. The molecule has 3 heterocycles. The Bertz CT molecular complexity index is 1620. The average Bonchev–Trinajstić information content (AvgIpc) is 3.39. The number of carbonyl (C=O) groups is 1. The molecule has 20 nitrogen and oxygen atoms in total. The van der Waals surface area contributed by atoms with E-state index in [0.29, 0.717) is 4.47 Å². The molecule has 3 aromatic rings. The molecule has 1 aliphatic rings. The smallest absolute Gasteiger partial charge is 0.453 e. The summed E-state index contributed by atoms with van der Waals surface area (Å²) in [5, 5.41) is 11.1. The Morgan fingerprint density at radius 1 is 1.07 bits per heavy atom. The lowest BCUT2D eigenvalue weighted by atomic mass is 10.1. The van der Waals surface area contributed by atoms with Gasteiger partial charge in [-0.15, -0.1) is 0 Å². The van der Waals surface area contributed by atoms with E-state index in [2.05, 4.69) is 44.0 Å². The number of phosphoric acid groups is 3. The first-order chi connectivity index (χ1) is 19.0. The first-order valence-electron chi connectivity index (χ1n) is 10.8. The van der Waals surface area contributed by atoms with Gasteiger partial charge in [-0.25, -0.2) is 33.4 Å². The van der Waals surface area contributed by atoms with E-state index in [1.54, 1.807) is 6.07 Å². The monoisotopic (exact) mass is 704 g/mol. The molecular weight excluding hydrogens is 685 g/mol. The van der Waals surface area contributed by atoms with Crippen molar-refractivity contribution in [1.29, 1.82) is 0 Å². The van der Waals surface area contributed by atoms with Crippen LogP contribution in [-0.2, 0) is 36.3 Å². The van der Waals surface area contributed by atoms with Crippen LogP contribution < -0.4 is 11.5 Å². The number of ether oxygens (including phenoxy) is 2. The zero-order valence-corrected chi connectivity index (χ0v) is 24.2. The molecule has 1 aliphatic heterocycles. The molecule has 0 aliphatic carbocycles. The molecule has 1 saturated heterocycles. The normalized spacial score (nSPS) is 24.1. The van der Waals surface area contributed by atoms with Crippen molar-refractivity contribution in [2.45, 2.75) is 24.5 Å². The van der Waals surface area contributed by atoms with Gasteiger partial charge in [0.2, 0.25) is 0 Å². The van der Waals surface area contributed by atoms with Crippen LogP contribution in [0.5, 0.6) is 0 Å². The highest BCUT2D eigenvalue weighted by Crippen LogP contribution is 2.66. The van der Waals surface area contributed by atoms with Crippen LogP contribution in [0.1, 0.15) is 16.6 Å². The summed E-state index contributed by atoms with van der Waals surface area (Å²) in [7, 11) is -17.0. The van der Waals surface area contributed by atoms with E-state index in [-0.39, 0.29) is 28.2 Å². The third-order valence-corrected chi connectivity index (χ3v) is 9.56. The fraction of sp³-hybridized carbons (Fsp3) is 0.294. The molecule has 4 rings (SSSR count). The highest BCUT2D eigenvalue weighted by molar-refractivity contribution is 9.10. The summed E-state index contributed by atoms with van der Waals surface area (Å²) in [4.78, 5) is 61.4. The fourth-order valence-electron chi connectivity index (χ4n) is 3.65. The van der Waals surface area contributed by atoms with Crippen LogP contribution in [0, 0.1) is 0 Å². The van der Waals surface area contributed by atoms with Gasteiger partial charge in [0.15, 0.2) is 23.8 Å². The first kappa shape index (κ1) is 31.6. The van der Waals surface area contributed by atoms with Crippen molar-refractivity contribution >= 4 is 68.0 Å². The van der Waals surface area contributed by atoms with Crippen LogP contribution >= 0.6 is 39.4 Å². The summed E-state index contributed by atoms with van der Waals surface area (Å²) < 4.78 is 59.6. The number of aromatic nitrogens is 4. The Morgan fingerprint density at radius 3 is 2.46 bits per heavy atom. The molecule has 6 atom stereocenters. The number of rotatable bonds is 10. The number of phosphoric ester groups is 1. The van der Waals surface area contributed by atoms with E-state index in [1.165, 1.54) is 23.0 Å². The molecule has 0 saturated carbocycles. The van der Waals surface area contributed by atoms with Crippen LogP contribution in [0.25, 0.3) is 11.2 Å². The Balaban J connectivity index is 1.60. The minimum atomic E-state index is -5.81. The molecular formula is C17H20BrN6O14P3. The standard InChI is InChI=1S/C17H20BrN6O14P3/c18-7-1-2-9(19)8(3-7)17(26)36-13-10(4-34-40(30,31)38-41(32,33)37-39(27,28)29)35-16(12(13)25)24-6-23-11-14(20)21-5-22-15(11)24/h1-3,5-6,10,12-13,16,25H,4,19H2,(H,30,31)(H,32,33)(H2,20,21,22)(H2,27,28,29). The zero-order valence-electron chi connectivity index (χ0n) is 20.0. The van der Waals surface area contributed by atoms with Crippen LogP contribution in [-0.4, -0.2) is 75.1 Å². The molecule has 6 unspecified atom stereocenters. The maximum Gasteiger partial charge on any atom is 0.490 e. The number of anilines is 2. The van der Waals surface area contributed by atoms with Crippen molar-refractivity contribution in [3.8, 4) is 0 Å². The number of nitrogen functional groups attached to an aromatic ring is 2. The maximum atomic E-state index is 13.0. The Kier molecular flexibility index (Phi) is 9.04. The number of imidazole rings is 1. The van der Waals surface area contributed by atoms with Gasteiger partial charge in [0.25, 0.3) is 0 Å². The van der Waals surface area contributed by atoms with Gasteiger partial charge in [-0.3, -0.25) is 9.09 Å². The van der Waals surface area contributed by atoms with Crippen molar-refractivity contribution in [2.24, 2.45) is 0 Å². The van der Waals surface area contributed by atoms with Gasteiger partial charge in [0.05, 0.1) is 18.5 Å². The number of fused-ring (bicyclic) bond motifs is 1. The number of nitrogens with zero attached hydrogens (tertiary/aromatic N) is 4. The predicted molar refractivity (Wildman–Crippen MR) is 137 cm³/mol. The van der Waals surface area contributed by atoms with E-state index in [4.69, 9.17) is 30.7 Å². The SMILES string of the molecule is Nc1ccc(Br)cc1C(=O)OC1C(COP(=O)(O)OP(=O)(O)OP(=O)(O)O)OC(n2cnc3c(N)ncnc32)C1O. The minimum absolute atomic E-state index is 0.00134. The lowest BCUT2D eigenvalue weighted by molar-refractivity contribution is -0.0520. The number of nitrogens with two attached hydrogens (primary N) is 2. The van der Waals surface area contributed by atoms with Crippen molar-refractivity contribution in [2.75, 3.05) is 18.1 Å². The molecule has 24 heteroatoms. The van der Waals surface area contributed by atoms with E-state index in [9.17, 15) is 33.4 Å². The van der Waals surface area contributed by atoms with Crippen LogP contribution in [0.4, 0.5) is 11.5 Å². The number of aliphatic hydroxyl groups is 1. The lowest BCUT2D eigenvalue weighted by Gasteiger charge is -2.22. The summed E-state index contributed by atoms with van der Waals surface area (Å²) in [6.45, 7) is -1.05. The second-order valence-corrected chi connectivity index (χ2v) is 13.5. The molecule has 1 aromatic carbocycles. The predicted octanol–water partition coefficient (Wildman–Crippen LogP) is 0.580. The summed E-state index contributed by atoms with van der Waals surface area (Å²) in [6, 6.07) is 4.29. The molecule has 224 valence electrons. The Hall–Kier alpha value is -2.35. The number of esters is 1. The van der Waals surface area contributed by atoms with E-state index >= 15 is 0 Å². The summed E-state index contributed by atoms with van der Waals surface area (Å²) in [6.07, 6.45) is -4.06. The Labute approximate surface area is 236 Å². The highest BCUT2D eigenvalue weighted by atomic mass is 79.9. The van der Waals surface area contributed by atoms with Gasteiger partial charge in [-0.1, -0.05) is 15.9 Å². The van der Waals surface area contributed by atoms with Crippen LogP contribution in [0.15, 0.2) is 35.3 Å². The molecule has 2 aromatic heterocycles. The molecule has 9 N–H and O–H groups in total. The third-order valence-electron chi connectivity index (χ3n) is 5.27. The van der Waals surface area contributed by atoms with Crippen LogP contribution in [0.3, 0.4) is 0 Å². The van der Waals surface area contributed by atoms with Crippen molar-refractivity contribution < 1.29 is 65.8 Å². The van der Waals surface area contributed by atoms with E-state index in [0.717, 1.165) is 6.33 Å². The number of hydrogen-bond acceptors (Lipinski definition) is 15. The number of halogens is 1. The van der Waals surface area contributed by atoms with Crippen molar-refractivity contribution in [1.82, 2.24) is 19.5 Å². The quantitative estimate of drug-likeness (QED) is 0.0861. The molecule has 0 amide bonds. The first-order valence-corrected chi connectivity index (χ1v) is 16.1. The summed E-state index contributed by atoms with van der Waals surface area (Å²) in [5.41, 5.74) is 11.8. The van der Waals surface area contributed by atoms with E-state index in [1.807, 2.05) is 0 Å². The van der Waals surface area contributed by atoms with E-state index < -0.39 is 60.6 Å².